The topological polar surface area (TPSA) is 35.6 Å². The van der Waals surface area contributed by atoms with Crippen LogP contribution in [0.3, 0.4) is 0 Å². The van der Waals surface area contributed by atoms with Gasteiger partial charge in [0.05, 0.1) is 5.02 Å². The summed E-state index contributed by atoms with van der Waals surface area (Å²) in [5.74, 6) is -0.0947. The van der Waals surface area contributed by atoms with Crippen LogP contribution in [-0.4, -0.2) is 37.0 Å². The van der Waals surface area contributed by atoms with E-state index in [9.17, 15) is 9.18 Å². The minimum absolute atomic E-state index is 0.0325. The minimum Gasteiger partial charge on any atom is -0.369 e. The van der Waals surface area contributed by atoms with E-state index < -0.39 is 5.82 Å². The second kappa shape index (κ2) is 10.6. The quantitative estimate of drug-likeness (QED) is 0.407. The van der Waals surface area contributed by atoms with Crippen molar-refractivity contribution >= 4 is 28.9 Å². The van der Waals surface area contributed by atoms with Gasteiger partial charge in [0.15, 0.2) is 0 Å². The molecule has 1 N–H and O–H groups in total. The summed E-state index contributed by atoms with van der Waals surface area (Å²) >= 11 is 5.89. The number of halogens is 2. The first-order valence-electron chi connectivity index (χ1n) is 12.9. The second-order valence-electron chi connectivity index (χ2n) is 10.2. The van der Waals surface area contributed by atoms with E-state index in [1.165, 1.54) is 42.3 Å². The van der Waals surface area contributed by atoms with Crippen molar-refractivity contribution in [1.82, 2.24) is 4.90 Å². The van der Waals surface area contributed by atoms with Crippen molar-refractivity contribution in [2.75, 3.05) is 36.4 Å². The Bertz CT molecular complexity index is 1200. The Balaban J connectivity index is 1.37. The van der Waals surface area contributed by atoms with Crippen molar-refractivity contribution < 1.29 is 9.18 Å². The highest BCUT2D eigenvalue weighted by atomic mass is 35.5. The Morgan fingerprint density at radius 2 is 1.67 bits per heavy atom. The molecule has 5 rings (SSSR count). The predicted molar refractivity (Wildman–Crippen MR) is 145 cm³/mol. The van der Waals surface area contributed by atoms with E-state index >= 15 is 0 Å². The maximum atomic E-state index is 13.5. The third-order valence-electron chi connectivity index (χ3n) is 7.95. The van der Waals surface area contributed by atoms with Crippen molar-refractivity contribution in [3.8, 4) is 0 Å². The van der Waals surface area contributed by atoms with E-state index in [1.807, 2.05) is 12.1 Å². The summed E-state index contributed by atoms with van der Waals surface area (Å²) < 4.78 is 13.5. The summed E-state index contributed by atoms with van der Waals surface area (Å²) in [6, 6.07) is 23.0. The van der Waals surface area contributed by atoms with Gasteiger partial charge in [0.2, 0.25) is 0 Å². The molecule has 36 heavy (non-hydrogen) atoms. The van der Waals surface area contributed by atoms with Crippen LogP contribution in [-0.2, 0) is 5.54 Å². The minimum atomic E-state index is -0.531. The molecule has 0 radical (unpaired) electrons. The second-order valence-corrected chi connectivity index (χ2v) is 10.6. The third kappa shape index (κ3) is 5.14. The number of anilines is 2. The molecule has 1 amide bonds. The van der Waals surface area contributed by atoms with Gasteiger partial charge < -0.3 is 10.2 Å². The molecular formula is C30H33ClFN3O. The average molecular weight is 506 g/mol. The van der Waals surface area contributed by atoms with Crippen LogP contribution in [0.25, 0.3) is 0 Å². The Morgan fingerprint density at radius 1 is 0.944 bits per heavy atom. The zero-order valence-corrected chi connectivity index (χ0v) is 21.5. The number of amides is 1. The maximum Gasteiger partial charge on any atom is 0.255 e. The Labute approximate surface area is 218 Å². The van der Waals surface area contributed by atoms with Crippen LogP contribution in [0, 0.1) is 11.7 Å². The molecule has 0 aromatic heterocycles. The first-order chi connectivity index (χ1) is 17.4. The van der Waals surface area contributed by atoms with Gasteiger partial charge in [-0.1, -0.05) is 48.9 Å². The summed E-state index contributed by atoms with van der Waals surface area (Å²) in [7, 11) is 0. The number of nitrogens with one attached hydrogen (secondary N) is 1. The van der Waals surface area contributed by atoms with Gasteiger partial charge >= 0.3 is 0 Å². The molecule has 4 nitrogen and oxygen atoms in total. The normalized spacial score (nSPS) is 22.9. The molecule has 1 aliphatic heterocycles. The summed E-state index contributed by atoms with van der Waals surface area (Å²) in [4.78, 5) is 18.0. The molecule has 6 heteroatoms. The van der Waals surface area contributed by atoms with E-state index in [2.05, 4.69) is 64.5 Å². The number of piperazine rings is 1. The molecule has 0 bridgehead atoms. The molecule has 3 aromatic rings. The van der Waals surface area contributed by atoms with Crippen molar-refractivity contribution in [3.05, 3.63) is 94.8 Å². The number of hydrogen-bond acceptors (Lipinski definition) is 3. The number of rotatable bonds is 5. The van der Waals surface area contributed by atoms with Gasteiger partial charge in [-0.15, -0.1) is 0 Å². The van der Waals surface area contributed by atoms with Crippen LogP contribution in [0.2, 0.25) is 5.02 Å². The van der Waals surface area contributed by atoms with Gasteiger partial charge in [-0.25, -0.2) is 4.39 Å². The highest BCUT2D eigenvalue weighted by Gasteiger charge is 2.42. The van der Waals surface area contributed by atoms with Crippen molar-refractivity contribution in [2.45, 2.75) is 38.1 Å². The average Bonchev–Trinajstić information content (AvgIpc) is 2.91. The Morgan fingerprint density at radius 3 is 2.36 bits per heavy atom. The van der Waals surface area contributed by atoms with Gasteiger partial charge in [-0.05, 0) is 79.6 Å². The first kappa shape index (κ1) is 24.8. The number of carbonyl (C=O) groups excluding carboxylic acids is 1. The van der Waals surface area contributed by atoms with Gasteiger partial charge in [-0.2, -0.15) is 0 Å². The predicted octanol–water partition coefficient (Wildman–Crippen LogP) is 6.96. The van der Waals surface area contributed by atoms with Crippen LogP contribution in [0.15, 0.2) is 72.8 Å². The van der Waals surface area contributed by atoms with Gasteiger partial charge in [0.25, 0.3) is 5.91 Å². The molecule has 188 valence electrons. The standard InChI is InChI=1S/C30H33ClFN3O/c1-22-12-14-30(15-13-22,35-18-16-34(17-19-35)26-8-3-2-4-9-26)24-6-5-7-25(21-24)33-29(36)23-10-11-28(32)27(31)20-23/h2-11,20-22H,12-19H2,1H3,(H,33,36)/t22-,30-. The Hall–Kier alpha value is -2.89. The third-order valence-corrected chi connectivity index (χ3v) is 8.24. The van der Waals surface area contributed by atoms with Gasteiger partial charge in [-0.3, -0.25) is 9.69 Å². The lowest BCUT2D eigenvalue weighted by molar-refractivity contribution is 0.0299. The van der Waals surface area contributed by atoms with Gasteiger partial charge in [0.1, 0.15) is 5.82 Å². The number of para-hydroxylation sites is 1. The molecule has 0 spiro atoms. The molecular weight excluding hydrogens is 473 g/mol. The summed E-state index contributed by atoms with van der Waals surface area (Å²) in [6.07, 6.45) is 4.63. The molecule has 1 saturated carbocycles. The Kier molecular flexibility index (Phi) is 7.31. The van der Waals surface area contributed by atoms with Crippen LogP contribution >= 0.6 is 11.6 Å². The molecule has 2 aliphatic rings. The van der Waals surface area contributed by atoms with Crippen LogP contribution in [0.5, 0.6) is 0 Å². The highest BCUT2D eigenvalue weighted by molar-refractivity contribution is 6.31. The van der Waals surface area contributed by atoms with Crippen LogP contribution in [0.4, 0.5) is 15.8 Å². The fraction of sp³-hybridized carbons (Fsp3) is 0.367. The zero-order valence-electron chi connectivity index (χ0n) is 20.7. The molecule has 1 saturated heterocycles. The fourth-order valence-corrected chi connectivity index (χ4v) is 5.97. The summed E-state index contributed by atoms with van der Waals surface area (Å²) in [6.45, 7) is 6.37. The maximum absolute atomic E-state index is 13.5. The van der Waals surface area contributed by atoms with Crippen LogP contribution < -0.4 is 10.2 Å². The van der Waals surface area contributed by atoms with Crippen molar-refractivity contribution in [2.24, 2.45) is 5.92 Å². The highest BCUT2D eigenvalue weighted by Crippen LogP contribution is 2.45. The fourth-order valence-electron chi connectivity index (χ4n) is 5.79. The molecule has 2 fully saturated rings. The SMILES string of the molecule is C[C@H]1CC[C@](c2cccc(NC(=O)c3ccc(F)c(Cl)c3)c2)(N2CCN(c3ccccc3)CC2)CC1. The molecule has 3 aromatic carbocycles. The molecule has 1 aliphatic carbocycles. The zero-order chi connectivity index (χ0) is 25.1. The van der Waals surface area contributed by atoms with Crippen molar-refractivity contribution in [3.63, 3.8) is 0 Å². The first-order valence-corrected chi connectivity index (χ1v) is 13.2. The lowest BCUT2D eigenvalue weighted by Gasteiger charge is -2.51. The molecule has 1 heterocycles. The number of nitrogens with zero attached hydrogens (tertiary/aromatic N) is 2. The summed E-state index contributed by atoms with van der Waals surface area (Å²) in [5.41, 5.74) is 3.60. The lowest BCUT2D eigenvalue weighted by Crippen LogP contribution is -2.56. The van der Waals surface area contributed by atoms with Gasteiger partial charge in [0, 0.05) is 48.7 Å². The van der Waals surface area contributed by atoms with E-state index in [4.69, 9.17) is 11.6 Å². The van der Waals surface area contributed by atoms with E-state index in [1.54, 1.807) is 0 Å². The number of carbonyl (C=O) groups is 1. The van der Waals surface area contributed by atoms with E-state index in [0.717, 1.165) is 50.6 Å². The van der Waals surface area contributed by atoms with E-state index in [-0.39, 0.29) is 16.5 Å². The number of hydrogen-bond donors (Lipinski definition) is 1. The largest absolute Gasteiger partial charge is 0.369 e. The molecule has 0 atom stereocenters. The monoisotopic (exact) mass is 505 g/mol. The smallest absolute Gasteiger partial charge is 0.255 e. The van der Waals surface area contributed by atoms with E-state index in [0.29, 0.717) is 5.56 Å². The van der Waals surface area contributed by atoms with Crippen LogP contribution in [0.1, 0.15) is 48.5 Å². The summed E-state index contributed by atoms with van der Waals surface area (Å²) in [5, 5.41) is 2.94. The lowest BCUT2D eigenvalue weighted by atomic mass is 9.71. The molecule has 0 unspecified atom stereocenters. The number of benzene rings is 3. The van der Waals surface area contributed by atoms with Crippen molar-refractivity contribution in [1.29, 1.82) is 0 Å².